The Hall–Kier alpha value is -1.23. The van der Waals surface area contributed by atoms with E-state index >= 15 is 0 Å². The van der Waals surface area contributed by atoms with Crippen LogP contribution in [0.1, 0.15) is 19.4 Å². The number of carbonyl (C=O) groups is 2. The molecule has 0 unspecified atom stereocenters. The smallest absolute Gasteiger partial charge is 0.231 e. The zero-order chi connectivity index (χ0) is 11.6. The number of imide groups is 1. The van der Waals surface area contributed by atoms with Crippen molar-refractivity contribution in [3.8, 4) is 0 Å². The van der Waals surface area contributed by atoms with Crippen molar-refractivity contribution in [1.29, 1.82) is 0 Å². The van der Waals surface area contributed by atoms with Crippen LogP contribution in [0.25, 0.3) is 0 Å². The molecule has 0 N–H and O–H groups in total. The van der Waals surface area contributed by atoms with Crippen LogP contribution in [0.3, 0.4) is 0 Å². The SMILES string of the molecule is CC(=O)N(C(C)=O)c1ncc(C)cc1Br. The van der Waals surface area contributed by atoms with E-state index in [1.165, 1.54) is 13.8 Å². The number of carbonyl (C=O) groups excluding carboxylic acids is 2. The summed E-state index contributed by atoms with van der Waals surface area (Å²) in [7, 11) is 0. The molecular formula is C10H11BrN2O2. The number of nitrogens with zero attached hydrogens (tertiary/aromatic N) is 2. The molecule has 0 radical (unpaired) electrons. The van der Waals surface area contributed by atoms with Gasteiger partial charge in [-0.2, -0.15) is 0 Å². The summed E-state index contributed by atoms with van der Waals surface area (Å²) in [5.74, 6) is -0.361. The van der Waals surface area contributed by atoms with Crippen LogP contribution in [0, 0.1) is 6.92 Å². The van der Waals surface area contributed by atoms with Gasteiger partial charge in [-0.05, 0) is 34.5 Å². The number of pyridine rings is 1. The molecule has 5 heteroatoms. The maximum atomic E-state index is 11.3. The molecule has 1 rings (SSSR count). The number of rotatable bonds is 1. The van der Waals surface area contributed by atoms with E-state index in [0.717, 1.165) is 10.5 Å². The standard InChI is InChI=1S/C10H11BrN2O2/c1-6-4-9(11)10(12-5-6)13(7(2)14)8(3)15/h4-5H,1-3H3. The number of amides is 2. The van der Waals surface area contributed by atoms with Crippen LogP contribution in [0.15, 0.2) is 16.7 Å². The van der Waals surface area contributed by atoms with Gasteiger partial charge in [0.15, 0.2) is 5.82 Å². The van der Waals surface area contributed by atoms with Crippen LogP contribution < -0.4 is 4.90 Å². The van der Waals surface area contributed by atoms with Crippen LogP contribution in [0.5, 0.6) is 0 Å². The Morgan fingerprint density at radius 3 is 2.27 bits per heavy atom. The van der Waals surface area contributed by atoms with Gasteiger partial charge in [0.25, 0.3) is 0 Å². The highest BCUT2D eigenvalue weighted by Gasteiger charge is 2.19. The fourth-order valence-corrected chi connectivity index (χ4v) is 1.85. The second-order valence-electron chi connectivity index (χ2n) is 3.19. The summed E-state index contributed by atoms with van der Waals surface area (Å²) in [6.45, 7) is 4.54. The average molecular weight is 271 g/mol. The first kappa shape index (κ1) is 11.8. The molecule has 0 aliphatic heterocycles. The molecule has 0 aliphatic carbocycles. The Bertz CT molecular complexity index is 404. The number of hydrogen-bond donors (Lipinski definition) is 0. The first-order chi connectivity index (χ1) is 6.93. The van der Waals surface area contributed by atoms with Crippen molar-refractivity contribution in [2.45, 2.75) is 20.8 Å². The van der Waals surface area contributed by atoms with Crippen molar-refractivity contribution in [1.82, 2.24) is 4.98 Å². The fourth-order valence-electron chi connectivity index (χ4n) is 1.21. The molecule has 2 amide bonds. The quantitative estimate of drug-likeness (QED) is 0.785. The number of anilines is 1. The van der Waals surface area contributed by atoms with Gasteiger partial charge in [0.2, 0.25) is 11.8 Å². The summed E-state index contributed by atoms with van der Waals surface area (Å²) in [6, 6.07) is 1.81. The van der Waals surface area contributed by atoms with Gasteiger partial charge >= 0.3 is 0 Å². The zero-order valence-electron chi connectivity index (χ0n) is 8.74. The third-order valence-corrected chi connectivity index (χ3v) is 2.38. The van der Waals surface area contributed by atoms with E-state index < -0.39 is 0 Å². The normalized spacial score (nSPS) is 9.87. The van der Waals surface area contributed by atoms with Crippen molar-refractivity contribution < 1.29 is 9.59 Å². The molecule has 15 heavy (non-hydrogen) atoms. The van der Waals surface area contributed by atoms with Gasteiger partial charge in [-0.15, -0.1) is 0 Å². The summed E-state index contributed by atoms with van der Waals surface area (Å²) in [4.78, 5) is 27.6. The Morgan fingerprint density at radius 2 is 1.87 bits per heavy atom. The Morgan fingerprint density at radius 1 is 1.33 bits per heavy atom. The van der Waals surface area contributed by atoms with Gasteiger partial charge in [-0.25, -0.2) is 9.88 Å². The van der Waals surface area contributed by atoms with Crippen molar-refractivity contribution in [3.05, 3.63) is 22.3 Å². The number of aryl methyl sites for hydroxylation is 1. The van der Waals surface area contributed by atoms with Crippen LogP contribution in [0.2, 0.25) is 0 Å². The molecule has 1 heterocycles. The van der Waals surface area contributed by atoms with Crippen LogP contribution >= 0.6 is 15.9 Å². The molecule has 0 aromatic carbocycles. The summed E-state index contributed by atoms with van der Waals surface area (Å²) in [6.07, 6.45) is 1.61. The van der Waals surface area contributed by atoms with E-state index in [1.54, 1.807) is 12.3 Å². The summed E-state index contributed by atoms with van der Waals surface area (Å²) in [5, 5.41) is 0. The lowest BCUT2D eigenvalue weighted by atomic mass is 10.3. The van der Waals surface area contributed by atoms with Crippen LogP contribution in [-0.2, 0) is 9.59 Å². The largest absolute Gasteiger partial charge is 0.274 e. The van der Waals surface area contributed by atoms with Crippen molar-refractivity contribution in [2.24, 2.45) is 0 Å². The molecule has 0 saturated carbocycles. The molecular weight excluding hydrogens is 260 g/mol. The molecule has 0 spiro atoms. The van der Waals surface area contributed by atoms with E-state index in [9.17, 15) is 9.59 Å². The van der Waals surface area contributed by atoms with Gasteiger partial charge in [-0.1, -0.05) is 0 Å². The lowest BCUT2D eigenvalue weighted by Crippen LogP contribution is -2.34. The van der Waals surface area contributed by atoms with Crippen LogP contribution in [0.4, 0.5) is 5.82 Å². The van der Waals surface area contributed by atoms with E-state index in [4.69, 9.17) is 0 Å². The third-order valence-electron chi connectivity index (χ3n) is 1.80. The third kappa shape index (κ3) is 2.62. The van der Waals surface area contributed by atoms with Crippen molar-refractivity contribution >= 4 is 33.6 Å². The average Bonchev–Trinajstić information content (AvgIpc) is 2.08. The lowest BCUT2D eigenvalue weighted by Gasteiger charge is -2.17. The maximum absolute atomic E-state index is 11.3. The van der Waals surface area contributed by atoms with Gasteiger partial charge in [0, 0.05) is 20.0 Å². The monoisotopic (exact) mass is 270 g/mol. The van der Waals surface area contributed by atoms with E-state index in [-0.39, 0.29) is 11.8 Å². The van der Waals surface area contributed by atoms with Crippen molar-refractivity contribution in [3.63, 3.8) is 0 Å². The van der Waals surface area contributed by atoms with E-state index in [0.29, 0.717) is 10.3 Å². The molecule has 0 atom stereocenters. The Balaban J connectivity index is 3.23. The first-order valence-corrected chi connectivity index (χ1v) is 5.16. The lowest BCUT2D eigenvalue weighted by molar-refractivity contribution is -0.124. The fraction of sp³-hybridized carbons (Fsp3) is 0.300. The predicted octanol–water partition coefficient (Wildman–Crippen LogP) is 2.05. The van der Waals surface area contributed by atoms with E-state index in [1.807, 2.05) is 6.92 Å². The highest BCUT2D eigenvalue weighted by molar-refractivity contribution is 9.10. The summed E-state index contributed by atoms with van der Waals surface area (Å²) >= 11 is 3.28. The zero-order valence-corrected chi connectivity index (χ0v) is 10.3. The molecule has 0 fully saturated rings. The molecule has 0 saturated heterocycles. The molecule has 1 aromatic rings. The minimum atomic E-state index is -0.348. The predicted molar refractivity (Wildman–Crippen MR) is 60.5 cm³/mol. The van der Waals surface area contributed by atoms with Gasteiger partial charge < -0.3 is 0 Å². The topological polar surface area (TPSA) is 50.3 Å². The highest BCUT2D eigenvalue weighted by atomic mass is 79.9. The number of aromatic nitrogens is 1. The second kappa shape index (κ2) is 4.53. The Kier molecular flexibility index (Phi) is 3.57. The first-order valence-electron chi connectivity index (χ1n) is 4.37. The highest BCUT2D eigenvalue weighted by Crippen LogP contribution is 2.24. The second-order valence-corrected chi connectivity index (χ2v) is 4.05. The molecule has 0 bridgehead atoms. The minimum absolute atomic E-state index is 0.334. The Labute approximate surface area is 96.4 Å². The minimum Gasteiger partial charge on any atom is -0.274 e. The molecule has 0 aliphatic rings. The van der Waals surface area contributed by atoms with Gasteiger partial charge in [-0.3, -0.25) is 9.59 Å². The van der Waals surface area contributed by atoms with Gasteiger partial charge in [0.1, 0.15) is 0 Å². The molecule has 1 aromatic heterocycles. The summed E-state index contributed by atoms with van der Waals surface area (Å²) in [5.41, 5.74) is 0.956. The van der Waals surface area contributed by atoms with Crippen LogP contribution in [-0.4, -0.2) is 16.8 Å². The molecule has 4 nitrogen and oxygen atoms in total. The maximum Gasteiger partial charge on any atom is 0.231 e. The van der Waals surface area contributed by atoms with E-state index in [2.05, 4.69) is 20.9 Å². The molecule has 80 valence electrons. The van der Waals surface area contributed by atoms with Crippen molar-refractivity contribution in [2.75, 3.05) is 4.90 Å². The summed E-state index contributed by atoms with van der Waals surface area (Å²) < 4.78 is 0.632. The van der Waals surface area contributed by atoms with Gasteiger partial charge in [0.05, 0.1) is 4.47 Å². The number of halogens is 1. The number of hydrogen-bond acceptors (Lipinski definition) is 3.